The summed E-state index contributed by atoms with van der Waals surface area (Å²) in [6.45, 7) is 2.01. The molecule has 0 spiro atoms. The molecule has 154 valence electrons. The molecule has 3 rings (SSSR count). The van der Waals surface area contributed by atoms with Gasteiger partial charge in [0.15, 0.2) is 5.78 Å². The van der Waals surface area contributed by atoms with Gasteiger partial charge in [-0.05, 0) is 24.6 Å². The molecule has 1 heterocycles. The molecule has 0 aliphatic rings. The van der Waals surface area contributed by atoms with Gasteiger partial charge in [0.1, 0.15) is 10.6 Å². The first-order chi connectivity index (χ1) is 14.5. The van der Waals surface area contributed by atoms with E-state index in [4.69, 9.17) is 4.74 Å². The largest absolute Gasteiger partial charge is 0.462 e. The molecule has 0 aliphatic carbocycles. The summed E-state index contributed by atoms with van der Waals surface area (Å²) in [7, 11) is 3.70. The van der Waals surface area contributed by atoms with Gasteiger partial charge in [-0.3, -0.25) is 4.79 Å². The van der Waals surface area contributed by atoms with E-state index >= 15 is 0 Å². The van der Waals surface area contributed by atoms with E-state index in [0.29, 0.717) is 21.0 Å². The number of rotatable bonds is 8. The van der Waals surface area contributed by atoms with Crippen LogP contribution in [-0.2, 0) is 4.74 Å². The molecule has 0 aliphatic heterocycles. The normalized spacial score (nSPS) is 10.8. The van der Waals surface area contributed by atoms with E-state index in [-0.39, 0.29) is 12.4 Å². The first-order valence-corrected chi connectivity index (χ1v) is 10.4. The Balaban J connectivity index is 2.21. The van der Waals surface area contributed by atoms with Crippen LogP contribution < -0.4 is 5.32 Å². The van der Waals surface area contributed by atoms with Crippen molar-refractivity contribution in [2.75, 3.05) is 26.0 Å². The third kappa shape index (κ3) is 4.96. The maximum Gasteiger partial charge on any atom is 0.341 e. The second-order valence-electron chi connectivity index (χ2n) is 6.73. The molecule has 0 bridgehead atoms. The lowest BCUT2D eigenvalue weighted by Gasteiger charge is -2.10. The monoisotopic (exact) mass is 420 g/mol. The highest BCUT2D eigenvalue weighted by Gasteiger charge is 2.28. The van der Waals surface area contributed by atoms with Gasteiger partial charge >= 0.3 is 5.97 Å². The Kier molecular flexibility index (Phi) is 7.03. The molecule has 0 unspecified atom stereocenters. The molecule has 2 aromatic carbocycles. The van der Waals surface area contributed by atoms with Gasteiger partial charge in [-0.1, -0.05) is 48.5 Å². The number of carbonyl (C=O) groups is 2. The second kappa shape index (κ2) is 9.89. The lowest BCUT2D eigenvalue weighted by Crippen LogP contribution is -2.08. The van der Waals surface area contributed by atoms with E-state index in [9.17, 15) is 9.59 Å². The predicted molar refractivity (Wildman–Crippen MR) is 123 cm³/mol. The summed E-state index contributed by atoms with van der Waals surface area (Å²) in [6, 6.07) is 19.0. The van der Waals surface area contributed by atoms with Crippen LogP contribution in [0.15, 0.2) is 72.9 Å². The van der Waals surface area contributed by atoms with Gasteiger partial charge in [-0.15, -0.1) is 11.3 Å². The Hall–Kier alpha value is -3.38. The quantitative estimate of drug-likeness (QED) is 0.292. The summed E-state index contributed by atoms with van der Waals surface area (Å²) in [6.07, 6.45) is 3.21. The zero-order chi connectivity index (χ0) is 21.5. The molecule has 3 aromatic rings. The SMILES string of the molecule is CCOC(=O)c1c(Nc2ccccc2)sc(C(=O)/C=C/N(C)C)c1-c1ccccc1. The van der Waals surface area contributed by atoms with Crippen molar-refractivity contribution in [2.24, 2.45) is 0 Å². The molecular weight excluding hydrogens is 396 g/mol. The maximum absolute atomic E-state index is 13.1. The number of nitrogens with zero attached hydrogens (tertiary/aromatic N) is 1. The van der Waals surface area contributed by atoms with Crippen molar-refractivity contribution in [3.8, 4) is 11.1 Å². The van der Waals surface area contributed by atoms with Crippen molar-refractivity contribution >= 4 is 33.8 Å². The average molecular weight is 421 g/mol. The molecule has 0 saturated heterocycles. The fourth-order valence-electron chi connectivity index (χ4n) is 2.92. The minimum atomic E-state index is -0.457. The number of para-hydroxylation sites is 1. The first kappa shape index (κ1) is 21.3. The van der Waals surface area contributed by atoms with E-state index in [1.807, 2.05) is 74.8 Å². The Labute approximate surface area is 180 Å². The number of esters is 1. The highest BCUT2D eigenvalue weighted by molar-refractivity contribution is 7.19. The number of anilines is 2. The summed E-state index contributed by atoms with van der Waals surface area (Å²) in [5.41, 5.74) is 2.58. The summed E-state index contributed by atoms with van der Waals surface area (Å²) >= 11 is 1.26. The van der Waals surface area contributed by atoms with Gasteiger partial charge in [0.2, 0.25) is 0 Å². The number of benzene rings is 2. The number of ether oxygens (including phenoxy) is 1. The number of hydrogen-bond acceptors (Lipinski definition) is 6. The van der Waals surface area contributed by atoms with Crippen molar-refractivity contribution in [1.29, 1.82) is 0 Å². The predicted octanol–water partition coefficient (Wildman–Crippen LogP) is 5.59. The second-order valence-corrected chi connectivity index (χ2v) is 7.75. The van der Waals surface area contributed by atoms with Crippen LogP contribution in [0.5, 0.6) is 0 Å². The number of thiophene rings is 1. The maximum atomic E-state index is 13.1. The zero-order valence-electron chi connectivity index (χ0n) is 17.2. The molecule has 0 amide bonds. The van der Waals surface area contributed by atoms with Crippen molar-refractivity contribution < 1.29 is 14.3 Å². The van der Waals surface area contributed by atoms with Crippen LogP contribution in [0.25, 0.3) is 11.1 Å². The molecule has 1 aromatic heterocycles. The molecule has 0 saturated carbocycles. The number of ketones is 1. The Morgan fingerprint density at radius 1 is 1.03 bits per heavy atom. The molecule has 0 fully saturated rings. The van der Waals surface area contributed by atoms with Gasteiger partial charge in [0, 0.05) is 37.6 Å². The molecule has 1 N–H and O–H groups in total. The van der Waals surface area contributed by atoms with Gasteiger partial charge in [0.25, 0.3) is 0 Å². The number of hydrogen-bond donors (Lipinski definition) is 1. The Morgan fingerprint density at radius 3 is 2.27 bits per heavy atom. The van der Waals surface area contributed by atoms with Crippen molar-refractivity contribution in [2.45, 2.75) is 6.92 Å². The van der Waals surface area contributed by atoms with Crippen LogP contribution in [0.3, 0.4) is 0 Å². The number of carbonyl (C=O) groups excluding carboxylic acids is 2. The average Bonchev–Trinajstić information content (AvgIpc) is 3.12. The summed E-state index contributed by atoms with van der Waals surface area (Å²) in [5, 5.41) is 3.88. The van der Waals surface area contributed by atoms with Crippen molar-refractivity contribution in [3.63, 3.8) is 0 Å². The van der Waals surface area contributed by atoms with Crippen molar-refractivity contribution in [1.82, 2.24) is 4.90 Å². The van der Waals surface area contributed by atoms with E-state index in [1.165, 1.54) is 17.4 Å². The Morgan fingerprint density at radius 2 is 1.67 bits per heavy atom. The first-order valence-electron chi connectivity index (χ1n) is 9.61. The van der Waals surface area contributed by atoms with Gasteiger partial charge in [0.05, 0.1) is 11.5 Å². The third-order valence-corrected chi connectivity index (χ3v) is 5.35. The van der Waals surface area contributed by atoms with Crippen LogP contribution in [0.1, 0.15) is 27.0 Å². The topological polar surface area (TPSA) is 58.6 Å². The van der Waals surface area contributed by atoms with Crippen LogP contribution in [0.4, 0.5) is 10.7 Å². The zero-order valence-corrected chi connectivity index (χ0v) is 18.0. The molecule has 0 radical (unpaired) electrons. The summed E-state index contributed by atoms with van der Waals surface area (Å²) in [4.78, 5) is 28.3. The van der Waals surface area contributed by atoms with Crippen LogP contribution in [-0.4, -0.2) is 37.4 Å². The number of nitrogens with one attached hydrogen (secondary N) is 1. The summed E-state index contributed by atoms with van der Waals surface area (Å²) in [5.74, 6) is -0.624. The lowest BCUT2D eigenvalue weighted by molar-refractivity contribution is 0.0529. The molecule has 5 nitrogen and oxygen atoms in total. The Bertz CT molecular complexity index is 1040. The van der Waals surface area contributed by atoms with Crippen molar-refractivity contribution in [3.05, 3.63) is 83.4 Å². The fourth-order valence-corrected chi connectivity index (χ4v) is 4.07. The van der Waals surface area contributed by atoms with Crippen LogP contribution in [0.2, 0.25) is 0 Å². The highest BCUT2D eigenvalue weighted by atomic mass is 32.1. The van der Waals surface area contributed by atoms with E-state index < -0.39 is 5.97 Å². The standard InChI is InChI=1S/C24H24N2O3S/c1-4-29-24(28)21-20(17-11-7-5-8-12-17)22(19(27)15-16-26(2)3)30-23(21)25-18-13-9-6-10-14-18/h5-16,25H,4H2,1-3H3/b16-15+. The van der Waals surface area contributed by atoms with Gasteiger partial charge < -0.3 is 15.0 Å². The van der Waals surface area contributed by atoms with Gasteiger partial charge in [-0.25, -0.2) is 4.79 Å². The lowest BCUT2D eigenvalue weighted by atomic mass is 9.99. The minimum absolute atomic E-state index is 0.167. The summed E-state index contributed by atoms with van der Waals surface area (Å²) < 4.78 is 5.35. The van der Waals surface area contributed by atoms with E-state index in [2.05, 4.69) is 5.32 Å². The molecule has 30 heavy (non-hydrogen) atoms. The molecule has 0 atom stereocenters. The molecule has 6 heteroatoms. The van der Waals surface area contributed by atoms with Crippen LogP contribution >= 0.6 is 11.3 Å². The minimum Gasteiger partial charge on any atom is -0.462 e. The van der Waals surface area contributed by atoms with Gasteiger partial charge in [-0.2, -0.15) is 0 Å². The van der Waals surface area contributed by atoms with Crippen LogP contribution in [0, 0.1) is 0 Å². The fraction of sp³-hybridized carbons (Fsp3) is 0.167. The molecular formula is C24H24N2O3S. The van der Waals surface area contributed by atoms with E-state index in [0.717, 1.165) is 11.3 Å². The third-order valence-electron chi connectivity index (χ3n) is 4.23. The smallest absolute Gasteiger partial charge is 0.341 e. The number of allylic oxidation sites excluding steroid dienone is 1. The van der Waals surface area contributed by atoms with E-state index in [1.54, 1.807) is 18.0 Å². The highest BCUT2D eigenvalue weighted by Crippen LogP contribution is 2.42.